The van der Waals surface area contributed by atoms with Crippen LogP contribution < -0.4 is 5.32 Å². The van der Waals surface area contributed by atoms with Crippen LogP contribution in [0, 0.1) is 6.92 Å². The molecule has 2 aromatic rings. The zero-order chi connectivity index (χ0) is 21.3. The van der Waals surface area contributed by atoms with Gasteiger partial charge in [-0.05, 0) is 55.3 Å². The summed E-state index contributed by atoms with van der Waals surface area (Å²) in [6, 6.07) is 4.79. The number of aromatic hydroxyl groups is 2. The Balaban J connectivity index is 1.55. The number of benzene rings is 1. The minimum atomic E-state index is -0.464. The molecule has 10 heteroatoms. The topological polar surface area (TPSA) is 129 Å². The van der Waals surface area contributed by atoms with Gasteiger partial charge in [-0.1, -0.05) is 25.3 Å². The molecule has 0 bridgehead atoms. The maximum Gasteiger partial charge on any atom is 0.290 e. The Morgan fingerprint density at radius 2 is 1.97 bits per heavy atom. The molecule has 1 saturated carbocycles. The lowest BCUT2D eigenvalue weighted by atomic mass is 9.96. The maximum absolute atomic E-state index is 11.6. The molecule has 2 amide bonds. The van der Waals surface area contributed by atoms with Gasteiger partial charge in [0.2, 0.25) is 5.88 Å². The third-order valence-corrected chi connectivity index (χ3v) is 5.96. The highest BCUT2D eigenvalue weighted by Crippen LogP contribution is 2.39. The van der Waals surface area contributed by atoms with E-state index in [2.05, 4.69) is 20.6 Å². The highest BCUT2D eigenvalue weighted by Gasteiger charge is 2.25. The van der Waals surface area contributed by atoms with Crippen LogP contribution in [0.3, 0.4) is 0 Å². The Bertz CT molecular complexity index is 1070. The summed E-state index contributed by atoms with van der Waals surface area (Å²) in [5.74, 6) is -0.619. The number of azo groups is 1. The van der Waals surface area contributed by atoms with Crippen molar-refractivity contribution < 1.29 is 19.8 Å². The van der Waals surface area contributed by atoms with Crippen molar-refractivity contribution in [1.82, 2.24) is 15.1 Å². The van der Waals surface area contributed by atoms with Gasteiger partial charge in [0.25, 0.3) is 11.1 Å². The first-order valence-electron chi connectivity index (χ1n) is 9.70. The van der Waals surface area contributed by atoms with E-state index in [9.17, 15) is 19.8 Å². The smallest absolute Gasteiger partial charge is 0.290 e. The summed E-state index contributed by atoms with van der Waals surface area (Å²) in [4.78, 5) is 23.1. The lowest BCUT2D eigenvalue weighted by Gasteiger charge is -2.22. The average molecular weight is 427 g/mol. The Labute approximate surface area is 176 Å². The number of imide groups is 1. The van der Waals surface area contributed by atoms with E-state index in [1.807, 2.05) is 0 Å². The molecule has 1 aliphatic carbocycles. The zero-order valence-electron chi connectivity index (χ0n) is 16.3. The van der Waals surface area contributed by atoms with Crippen molar-refractivity contribution in [2.45, 2.75) is 45.1 Å². The molecule has 2 aliphatic rings. The number of nitrogens with zero attached hydrogens (tertiary/aromatic N) is 4. The van der Waals surface area contributed by atoms with Crippen molar-refractivity contribution in [2.24, 2.45) is 10.2 Å². The highest BCUT2D eigenvalue weighted by atomic mass is 32.2. The largest absolute Gasteiger partial charge is 0.506 e. The molecular weight excluding hydrogens is 406 g/mol. The molecule has 156 valence electrons. The predicted octanol–water partition coefficient (Wildman–Crippen LogP) is 4.85. The summed E-state index contributed by atoms with van der Waals surface area (Å²) in [5, 5.41) is 35.2. The van der Waals surface area contributed by atoms with Gasteiger partial charge in [0, 0.05) is 0 Å². The number of carbonyl (C=O) groups is 2. The number of nitrogens with one attached hydrogen (secondary N) is 1. The number of rotatable bonds is 4. The van der Waals surface area contributed by atoms with Gasteiger partial charge in [-0.3, -0.25) is 14.9 Å². The first-order valence-corrected chi connectivity index (χ1v) is 10.5. The van der Waals surface area contributed by atoms with Crippen LogP contribution in [0.15, 0.2) is 33.3 Å². The number of thioether (sulfide) groups is 1. The van der Waals surface area contributed by atoms with Crippen molar-refractivity contribution in [3.63, 3.8) is 0 Å². The zero-order valence-corrected chi connectivity index (χ0v) is 17.1. The lowest BCUT2D eigenvalue weighted by molar-refractivity contribution is -0.115. The molecular formula is C20H21N5O4S. The van der Waals surface area contributed by atoms with Crippen molar-refractivity contribution in [3.05, 3.63) is 34.4 Å². The summed E-state index contributed by atoms with van der Waals surface area (Å²) in [6.07, 6.45) is 6.90. The molecule has 1 aliphatic heterocycles. The van der Waals surface area contributed by atoms with Gasteiger partial charge in [0.15, 0.2) is 5.69 Å². The van der Waals surface area contributed by atoms with Crippen LogP contribution in [0.1, 0.15) is 49.4 Å². The fraction of sp³-hybridized carbons (Fsp3) is 0.350. The van der Waals surface area contributed by atoms with Crippen LogP contribution in [-0.2, 0) is 4.79 Å². The number of carbonyl (C=O) groups excluding carboxylic acids is 2. The highest BCUT2D eigenvalue weighted by molar-refractivity contribution is 8.18. The lowest BCUT2D eigenvalue weighted by Crippen LogP contribution is -2.17. The molecule has 2 heterocycles. The maximum atomic E-state index is 11.6. The summed E-state index contributed by atoms with van der Waals surface area (Å²) < 4.78 is 1.63. The molecule has 2 fully saturated rings. The minimum absolute atomic E-state index is 0.0158. The summed E-state index contributed by atoms with van der Waals surface area (Å²) in [7, 11) is 0. The molecule has 0 unspecified atom stereocenters. The average Bonchev–Trinajstić information content (AvgIpc) is 3.19. The first-order chi connectivity index (χ1) is 14.4. The van der Waals surface area contributed by atoms with Gasteiger partial charge < -0.3 is 10.2 Å². The Morgan fingerprint density at radius 3 is 2.63 bits per heavy atom. The molecule has 1 aromatic carbocycles. The normalized spacial score (nSPS) is 19.2. The number of phenols is 1. The van der Waals surface area contributed by atoms with Crippen LogP contribution in [0.2, 0.25) is 0 Å². The Hall–Kier alpha value is -3.14. The molecule has 30 heavy (non-hydrogen) atoms. The summed E-state index contributed by atoms with van der Waals surface area (Å²) >= 11 is 0.804. The number of aromatic nitrogens is 2. The third-order valence-electron chi connectivity index (χ3n) is 5.15. The predicted molar refractivity (Wildman–Crippen MR) is 112 cm³/mol. The fourth-order valence-electron chi connectivity index (χ4n) is 3.61. The van der Waals surface area contributed by atoms with Crippen molar-refractivity contribution in [3.8, 4) is 11.6 Å². The number of phenolic OH excluding ortho intramolecular Hbond substituents is 1. The van der Waals surface area contributed by atoms with Gasteiger partial charge in [-0.15, -0.1) is 10.2 Å². The van der Waals surface area contributed by atoms with E-state index in [0.29, 0.717) is 11.3 Å². The second-order valence-electron chi connectivity index (χ2n) is 7.29. The standard InChI is InChI=1S/C20H21N5O4S/c1-11-17(19(28)25(24-11)13-5-3-2-4-6-13)23-22-14-8-7-12(9-15(14)26)10-16-18(27)21-20(29)30-16/h7-10,13,26,28H,2-6H2,1H3,(H,21,27,29). The van der Waals surface area contributed by atoms with Crippen molar-refractivity contribution >= 4 is 40.4 Å². The molecule has 4 rings (SSSR count). The summed E-state index contributed by atoms with van der Waals surface area (Å²) in [6.45, 7) is 1.76. The van der Waals surface area contributed by atoms with Crippen LogP contribution in [-0.4, -0.2) is 31.1 Å². The van der Waals surface area contributed by atoms with Gasteiger partial charge in [-0.2, -0.15) is 5.10 Å². The number of hydrogen-bond donors (Lipinski definition) is 3. The van der Waals surface area contributed by atoms with E-state index >= 15 is 0 Å². The molecule has 1 aromatic heterocycles. The van der Waals surface area contributed by atoms with Crippen LogP contribution in [0.4, 0.5) is 16.2 Å². The molecule has 0 spiro atoms. The van der Waals surface area contributed by atoms with Crippen molar-refractivity contribution in [1.29, 1.82) is 0 Å². The molecule has 3 N–H and O–H groups in total. The van der Waals surface area contributed by atoms with Crippen LogP contribution in [0.25, 0.3) is 6.08 Å². The number of amides is 2. The molecule has 9 nitrogen and oxygen atoms in total. The Morgan fingerprint density at radius 1 is 1.20 bits per heavy atom. The second-order valence-corrected chi connectivity index (χ2v) is 8.31. The van der Waals surface area contributed by atoms with E-state index < -0.39 is 11.1 Å². The fourth-order valence-corrected chi connectivity index (χ4v) is 4.30. The number of aryl methyl sites for hydroxylation is 1. The molecule has 0 radical (unpaired) electrons. The SMILES string of the molecule is Cc1nn(C2CCCCC2)c(O)c1N=Nc1ccc(C=C2SC(=O)NC2=O)cc1O. The molecule has 1 saturated heterocycles. The third kappa shape index (κ3) is 4.09. The van der Waals surface area contributed by atoms with Gasteiger partial charge in [0.1, 0.15) is 11.4 Å². The van der Waals surface area contributed by atoms with Gasteiger partial charge in [0.05, 0.1) is 16.6 Å². The van der Waals surface area contributed by atoms with E-state index in [0.717, 1.165) is 37.4 Å². The molecule has 0 atom stereocenters. The van der Waals surface area contributed by atoms with Crippen LogP contribution in [0.5, 0.6) is 11.6 Å². The number of hydrogen-bond acceptors (Lipinski definition) is 8. The van der Waals surface area contributed by atoms with E-state index in [1.165, 1.54) is 18.6 Å². The van der Waals surface area contributed by atoms with E-state index in [-0.39, 0.29) is 34.0 Å². The quantitative estimate of drug-likeness (QED) is 0.473. The van der Waals surface area contributed by atoms with E-state index in [1.54, 1.807) is 23.7 Å². The van der Waals surface area contributed by atoms with Crippen molar-refractivity contribution in [2.75, 3.05) is 0 Å². The second kappa shape index (κ2) is 8.31. The van der Waals surface area contributed by atoms with Crippen LogP contribution >= 0.6 is 11.8 Å². The minimum Gasteiger partial charge on any atom is -0.506 e. The van der Waals surface area contributed by atoms with E-state index in [4.69, 9.17) is 0 Å². The Kier molecular flexibility index (Phi) is 5.58. The monoisotopic (exact) mass is 427 g/mol. The first kappa shape index (κ1) is 20.1. The van der Waals surface area contributed by atoms with Gasteiger partial charge in [-0.25, -0.2) is 4.68 Å². The summed E-state index contributed by atoms with van der Waals surface area (Å²) in [5.41, 5.74) is 1.60. The van der Waals surface area contributed by atoms with Gasteiger partial charge >= 0.3 is 0 Å².